The third-order valence-electron chi connectivity index (χ3n) is 6.95. The predicted octanol–water partition coefficient (Wildman–Crippen LogP) is 6.01. The van der Waals surface area contributed by atoms with Gasteiger partial charge in [-0.05, 0) is 47.5 Å². The molecule has 6 heteroatoms. The first-order chi connectivity index (χ1) is 17.5. The van der Waals surface area contributed by atoms with Gasteiger partial charge in [0.25, 0.3) is 0 Å². The minimum atomic E-state index is -1.14. The number of hydrogen-bond acceptors (Lipinski definition) is 4. The first kappa shape index (κ1) is 22.2. The molecule has 0 saturated carbocycles. The van der Waals surface area contributed by atoms with Crippen LogP contribution in [0.2, 0.25) is 0 Å². The van der Waals surface area contributed by atoms with Crippen molar-refractivity contribution in [2.45, 2.75) is 24.0 Å². The zero-order chi connectivity index (χ0) is 24.8. The zero-order valence-electron chi connectivity index (χ0n) is 18.9. The Labute approximate surface area is 206 Å². The van der Waals surface area contributed by atoms with Gasteiger partial charge in [0.15, 0.2) is 12.2 Å². The number of esters is 2. The van der Waals surface area contributed by atoms with Gasteiger partial charge in [-0.3, -0.25) is 0 Å². The first-order valence-electron chi connectivity index (χ1n) is 11.6. The molecule has 4 aromatic carbocycles. The second kappa shape index (κ2) is 8.72. The van der Waals surface area contributed by atoms with Crippen molar-refractivity contribution in [2.75, 3.05) is 0 Å². The quantitative estimate of drug-likeness (QED) is 0.335. The van der Waals surface area contributed by atoms with Gasteiger partial charge in [-0.25, -0.2) is 18.4 Å². The molecule has 0 amide bonds. The van der Waals surface area contributed by atoms with E-state index in [2.05, 4.69) is 0 Å². The molecule has 3 aliphatic carbocycles. The Bertz CT molecular complexity index is 1420. The van der Waals surface area contributed by atoms with E-state index in [1.807, 2.05) is 0 Å². The zero-order valence-corrected chi connectivity index (χ0v) is 18.9. The molecule has 2 unspecified atom stereocenters. The standard InChI is InChI=1S/C30H20F2O4/c31-21-15-7-13-19-23-20-14-8-16-22(32)25(20)26(24(19)21)28(36-30(34)18-11-5-2-6-12-18)27(23)35-29(33)17-9-3-1-4-10-17/h1-16,23,26-28H. The lowest BCUT2D eigenvalue weighted by Gasteiger charge is -2.49. The summed E-state index contributed by atoms with van der Waals surface area (Å²) in [6.45, 7) is 0. The van der Waals surface area contributed by atoms with Gasteiger partial charge in [-0.2, -0.15) is 0 Å². The molecule has 36 heavy (non-hydrogen) atoms. The fraction of sp³-hybridized carbons (Fsp3) is 0.133. The van der Waals surface area contributed by atoms with Gasteiger partial charge >= 0.3 is 11.9 Å². The molecule has 3 aliphatic rings. The van der Waals surface area contributed by atoms with Gasteiger partial charge < -0.3 is 9.47 Å². The maximum atomic E-state index is 15.3. The van der Waals surface area contributed by atoms with E-state index in [1.54, 1.807) is 84.9 Å². The third kappa shape index (κ3) is 3.49. The summed E-state index contributed by atoms with van der Waals surface area (Å²) in [5.74, 6) is -4.01. The molecule has 0 aliphatic heterocycles. The maximum absolute atomic E-state index is 15.3. The second-order valence-electron chi connectivity index (χ2n) is 8.91. The lowest BCUT2D eigenvalue weighted by atomic mass is 9.60. The number of fused-ring (bicyclic) bond motifs is 1. The van der Waals surface area contributed by atoms with E-state index in [0.717, 1.165) is 0 Å². The van der Waals surface area contributed by atoms with Crippen LogP contribution in [0.25, 0.3) is 0 Å². The molecule has 0 spiro atoms. The van der Waals surface area contributed by atoms with Gasteiger partial charge in [-0.15, -0.1) is 0 Å². The second-order valence-corrected chi connectivity index (χ2v) is 8.91. The van der Waals surface area contributed by atoms with Gasteiger partial charge in [0.05, 0.1) is 23.0 Å². The summed E-state index contributed by atoms with van der Waals surface area (Å²) in [7, 11) is 0. The summed E-state index contributed by atoms with van der Waals surface area (Å²) in [4.78, 5) is 26.3. The van der Waals surface area contributed by atoms with Crippen LogP contribution in [-0.4, -0.2) is 24.1 Å². The number of carbonyl (C=O) groups is 2. The van der Waals surface area contributed by atoms with E-state index in [4.69, 9.17) is 9.47 Å². The smallest absolute Gasteiger partial charge is 0.338 e. The molecular formula is C30H20F2O4. The molecule has 0 radical (unpaired) electrons. The van der Waals surface area contributed by atoms with Crippen LogP contribution in [0.3, 0.4) is 0 Å². The van der Waals surface area contributed by atoms with E-state index in [1.165, 1.54) is 12.1 Å². The van der Waals surface area contributed by atoms with Crippen molar-refractivity contribution in [3.8, 4) is 0 Å². The van der Waals surface area contributed by atoms with Crippen molar-refractivity contribution >= 4 is 11.9 Å². The van der Waals surface area contributed by atoms with Crippen LogP contribution in [0, 0.1) is 11.6 Å². The number of hydrogen-bond donors (Lipinski definition) is 0. The Kier molecular flexibility index (Phi) is 5.37. The Morgan fingerprint density at radius 3 is 1.39 bits per heavy atom. The van der Waals surface area contributed by atoms with Crippen molar-refractivity contribution in [2.24, 2.45) is 0 Å². The van der Waals surface area contributed by atoms with Gasteiger partial charge in [0.1, 0.15) is 11.6 Å². The highest BCUT2D eigenvalue weighted by atomic mass is 19.1. The van der Waals surface area contributed by atoms with Gasteiger partial charge in [0, 0.05) is 11.1 Å². The Morgan fingerprint density at radius 2 is 0.944 bits per heavy atom. The summed E-state index contributed by atoms with van der Waals surface area (Å²) in [6.07, 6.45) is -2.12. The molecule has 0 saturated heterocycles. The fourth-order valence-electron chi connectivity index (χ4n) is 5.48. The van der Waals surface area contributed by atoms with Crippen molar-refractivity contribution < 1.29 is 27.8 Å². The van der Waals surface area contributed by atoms with Crippen LogP contribution in [0.15, 0.2) is 97.1 Å². The highest BCUT2D eigenvalue weighted by Gasteiger charge is 2.55. The van der Waals surface area contributed by atoms with Crippen LogP contribution in [0.1, 0.15) is 54.8 Å². The lowest BCUT2D eigenvalue weighted by Crippen LogP contribution is -2.52. The predicted molar refractivity (Wildman–Crippen MR) is 128 cm³/mol. The summed E-state index contributed by atoms with van der Waals surface area (Å²) in [5, 5.41) is 0. The molecule has 178 valence electrons. The largest absolute Gasteiger partial charge is 0.454 e. The molecule has 0 aromatic heterocycles. The first-order valence-corrected chi connectivity index (χ1v) is 11.6. The average molecular weight is 482 g/mol. The SMILES string of the molecule is O=C(OC1C2c3cccc(F)c3C(c3c(F)cccc32)C1OC(=O)c1ccccc1)c1ccccc1. The van der Waals surface area contributed by atoms with E-state index in [9.17, 15) is 9.59 Å². The molecule has 0 fully saturated rings. The average Bonchev–Trinajstić information content (AvgIpc) is 2.91. The van der Waals surface area contributed by atoms with Crippen molar-refractivity contribution in [1.29, 1.82) is 0 Å². The van der Waals surface area contributed by atoms with E-state index >= 15 is 8.78 Å². The third-order valence-corrected chi connectivity index (χ3v) is 6.95. The molecule has 4 nitrogen and oxygen atoms in total. The molecule has 2 atom stereocenters. The molecular weight excluding hydrogens is 462 g/mol. The van der Waals surface area contributed by atoms with Crippen molar-refractivity contribution in [3.63, 3.8) is 0 Å². The van der Waals surface area contributed by atoms with E-state index in [-0.39, 0.29) is 16.7 Å². The summed E-state index contributed by atoms with van der Waals surface area (Å²) in [5.41, 5.74) is 2.32. The number of carbonyl (C=O) groups excluding carboxylic acids is 2. The van der Waals surface area contributed by atoms with Crippen LogP contribution < -0.4 is 0 Å². The van der Waals surface area contributed by atoms with Gasteiger partial charge in [0.2, 0.25) is 0 Å². The lowest BCUT2D eigenvalue weighted by molar-refractivity contribution is -0.0567. The van der Waals surface area contributed by atoms with Crippen LogP contribution in [-0.2, 0) is 9.47 Å². The minimum absolute atomic E-state index is 0.262. The fourth-order valence-corrected chi connectivity index (χ4v) is 5.48. The number of benzene rings is 4. The van der Waals surface area contributed by atoms with Crippen molar-refractivity contribution in [1.82, 2.24) is 0 Å². The normalized spacial score (nSPS) is 21.3. The Balaban J connectivity index is 1.51. The monoisotopic (exact) mass is 482 g/mol. The topological polar surface area (TPSA) is 52.6 Å². The van der Waals surface area contributed by atoms with Crippen LogP contribution in [0.5, 0.6) is 0 Å². The summed E-state index contributed by atoms with van der Waals surface area (Å²) in [6, 6.07) is 26.1. The van der Waals surface area contributed by atoms with Crippen molar-refractivity contribution in [3.05, 3.63) is 142 Å². The molecule has 0 heterocycles. The molecule has 2 bridgehead atoms. The van der Waals surface area contributed by atoms with Crippen LogP contribution in [0.4, 0.5) is 8.78 Å². The highest BCUT2D eigenvalue weighted by molar-refractivity contribution is 5.90. The number of rotatable bonds is 4. The number of ether oxygens (including phenoxy) is 2. The minimum Gasteiger partial charge on any atom is -0.454 e. The van der Waals surface area contributed by atoms with E-state index < -0.39 is 47.6 Å². The number of halogens is 2. The van der Waals surface area contributed by atoms with E-state index in [0.29, 0.717) is 16.7 Å². The Morgan fingerprint density at radius 1 is 0.528 bits per heavy atom. The Hall–Kier alpha value is -4.32. The highest BCUT2D eigenvalue weighted by Crippen LogP contribution is 2.56. The molecule has 7 rings (SSSR count). The van der Waals surface area contributed by atoms with Crippen LogP contribution >= 0.6 is 0 Å². The summed E-state index contributed by atoms with van der Waals surface area (Å²) >= 11 is 0. The maximum Gasteiger partial charge on any atom is 0.338 e. The summed E-state index contributed by atoms with van der Waals surface area (Å²) < 4.78 is 42.5. The molecule has 0 N–H and O–H groups in total. The van der Waals surface area contributed by atoms with Gasteiger partial charge in [-0.1, -0.05) is 60.7 Å². The molecule has 4 aromatic rings.